The number of thioether (sulfide) groups is 1. The molecule has 0 amide bonds. The zero-order valence-electron chi connectivity index (χ0n) is 9.54. The first-order chi connectivity index (χ1) is 8.25. The van der Waals surface area contributed by atoms with Crippen LogP contribution in [0.2, 0.25) is 0 Å². The summed E-state index contributed by atoms with van der Waals surface area (Å²) in [6.45, 7) is 0. The summed E-state index contributed by atoms with van der Waals surface area (Å²) in [6.07, 6.45) is 6.02. The van der Waals surface area contributed by atoms with Gasteiger partial charge in [-0.1, -0.05) is 6.42 Å². The second-order valence-electron chi connectivity index (χ2n) is 4.78. The number of nitrogens with zero attached hydrogens (tertiary/aromatic N) is 1. The number of aromatic nitrogens is 2. The molecule has 1 N–H and O–H groups in total. The zero-order chi connectivity index (χ0) is 11.8. The van der Waals surface area contributed by atoms with Crippen LogP contribution in [0.15, 0.2) is 9.27 Å². The molecular weight excluding hydrogens is 300 g/mol. The molecule has 1 saturated carbocycles. The van der Waals surface area contributed by atoms with Crippen LogP contribution >= 0.6 is 27.7 Å². The molecule has 1 atom stereocenters. The average Bonchev–Trinajstić information content (AvgIpc) is 3.18. The van der Waals surface area contributed by atoms with E-state index in [-0.39, 0.29) is 5.56 Å². The van der Waals surface area contributed by atoms with E-state index in [1.54, 1.807) is 0 Å². The molecule has 2 heterocycles. The minimum atomic E-state index is -0.0110. The molecule has 1 aliphatic carbocycles. The maximum atomic E-state index is 11.9. The number of rotatable bonds is 2. The Bertz CT molecular complexity index is 478. The van der Waals surface area contributed by atoms with Gasteiger partial charge in [-0.2, -0.15) is 11.8 Å². The van der Waals surface area contributed by atoms with E-state index in [4.69, 9.17) is 4.98 Å². The van der Waals surface area contributed by atoms with E-state index in [0.717, 1.165) is 17.9 Å². The SMILES string of the molecule is O=c1[nH]c(C2CCCCS2)nc(C2CC2)c1Br. The lowest BCUT2D eigenvalue weighted by Gasteiger charge is -2.20. The molecule has 17 heavy (non-hydrogen) atoms. The van der Waals surface area contributed by atoms with Crippen LogP contribution < -0.4 is 5.56 Å². The molecule has 0 spiro atoms. The van der Waals surface area contributed by atoms with E-state index in [9.17, 15) is 4.79 Å². The van der Waals surface area contributed by atoms with E-state index in [2.05, 4.69) is 20.9 Å². The summed E-state index contributed by atoms with van der Waals surface area (Å²) in [5.74, 6) is 2.59. The van der Waals surface area contributed by atoms with Gasteiger partial charge in [0.2, 0.25) is 0 Å². The van der Waals surface area contributed by atoms with E-state index in [0.29, 0.717) is 15.6 Å². The Morgan fingerprint density at radius 1 is 1.29 bits per heavy atom. The van der Waals surface area contributed by atoms with Crippen LogP contribution in [0.5, 0.6) is 0 Å². The Balaban J connectivity index is 1.96. The molecule has 92 valence electrons. The van der Waals surface area contributed by atoms with Crippen molar-refractivity contribution in [3.05, 3.63) is 26.3 Å². The summed E-state index contributed by atoms with van der Waals surface area (Å²) in [5.41, 5.74) is 0.970. The number of hydrogen-bond acceptors (Lipinski definition) is 3. The van der Waals surface area contributed by atoms with Gasteiger partial charge in [0.25, 0.3) is 5.56 Å². The summed E-state index contributed by atoms with van der Waals surface area (Å²) >= 11 is 5.29. The van der Waals surface area contributed by atoms with Crippen LogP contribution in [0.25, 0.3) is 0 Å². The average molecular weight is 315 g/mol. The van der Waals surface area contributed by atoms with Gasteiger partial charge in [0.15, 0.2) is 0 Å². The van der Waals surface area contributed by atoms with Crippen molar-refractivity contribution < 1.29 is 0 Å². The minimum absolute atomic E-state index is 0.0110. The lowest BCUT2D eigenvalue weighted by atomic mass is 10.1. The van der Waals surface area contributed by atoms with E-state index < -0.39 is 0 Å². The summed E-state index contributed by atoms with van der Waals surface area (Å²) in [7, 11) is 0. The fourth-order valence-corrected chi connectivity index (χ4v) is 4.00. The fraction of sp³-hybridized carbons (Fsp3) is 0.667. The molecule has 1 aromatic rings. The molecule has 3 nitrogen and oxygen atoms in total. The van der Waals surface area contributed by atoms with Crippen LogP contribution in [0, 0.1) is 0 Å². The van der Waals surface area contributed by atoms with Gasteiger partial charge in [0.05, 0.1) is 10.9 Å². The van der Waals surface area contributed by atoms with Gasteiger partial charge in [0, 0.05) is 5.92 Å². The van der Waals surface area contributed by atoms with Crippen molar-refractivity contribution in [3.63, 3.8) is 0 Å². The first-order valence-electron chi connectivity index (χ1n) is 6.17. The maximum Gasteiger partial charge on any atom is 0.265 e. The Hall–Kier alpha value is -0.290. The van der Waals surface area contributed by atoms with Crippen LogP contribution in [0.3, 0.4) is 0 Å². The van der Waals surface area contributed by atoms with Gasteiger partial charge in [-0.3, -0.25) is 4.79 Å². The Labute approximate surface area is 113 Å². The highest BCUT2D eigenvalue weighted by atomic mass is 79.9. The Morgan fingerprint density at radius 3 is 2.76 bits per heavy atom. The van der Waals surface area contributed by atoms with Crippen molar-refractivity contribution >= 4 is 27.7 Å². The first kappa shape index (κ1) is 11.8. The Kier molecular flexibility index (Phi) is 3.30. The van der Waals surface area contributed by atoms with Crippen molar-refractivity contribution in [2.75, 3.05) is 5.75 Å². The van der Waals surface area contributed by atoms with Crippen molar-refractivity contribution in [1.29, 1.82) is 0 Å². The van der Waals surface area contributed by atoms with Gasteiger partial charge < -0.3 is 4.98 Å². The maximum absolute atomic E-state index is 11.9. The largest absolute Gasteiger partial charge is 0.309 e. The smallest absolute Gasteiger partial charge is 0.265 e. The number of halogens is 1. The molecule has 0 radical (unpaired) electrons. The van der Waals surface area contributed by atoms with Gasteiger partial charge in [-0.05, 0) is 47.4 Å². The van der Waals surface area contributed by atoms with Crippen molar-refractivity contribution in [2.45, 2.75) is 43.3 Å². The second kappa shape index (κ2) is 4.76. The van der Waals surface area contributed by atoms with Gasteiger partial charge >= 0.3 is 0 Å². The van der Waals surface area contributed by atoms with Crippen LogP contribution in [-0.2, 0) is 0 Å². The third-order valence-electron chi connectivity index (χ3n) is 3.36. The molecule has 1 saturated heterocycles. The number of aromatic amines is 1. The molecule has 2 fully saturated rings. The number of hydrogen-bond donors (Lipinski definition) is 1. The lowest BCUT2D eigenvalue weighted by Crippen LogP contribution is -2.18. The lowest BCUT2D eigenvalue weighted by molar-refractivity contribution is 0.655. The Morgan fingerprint density at radius 2 is 2.12 bits per heavy atom. The van der Waals surface area contributed by atoms with Crippen molar-refractivity contribution in [2.24, 2.45) is 0 Å². The zero-order valence-corrected chi connectivity index (χ0v) is 11.9. The number of H-pyrrole nitrogens is 1. The number of nitrogens with one attached hydrogen (secondary N) is 1. The van der Waals surface area contributed by atoms with Crippen molar-refractivity contribution in [1.82, 2.24) is 9.97 Å². The topological polar surface area (TPSA) is 45.8 Å². The minimum Gasteiger partial charge on any atom is -0.309 e. The standard InChI is InChI=1S/C12H15BrN2OS/c13-9-10(7-4-5-7)14-11(15-12(9)16)8-3-1-2-6-17-8/h7-8H,1-6H2,(H,14,15,16). The van der Waals surface area contributed by atoms with Gasteiger partial charge in [0.1, 0.15) is 10.3 Å². The molecule has 3 rings (SSSR count). The third-order valence-corrected chi connectivity index (χ3v) is 5.51. The van der Waals surface area contributed by atoms with Crippen LogP contribution in [0.4, 0.5) is 0 Å². The highest BCUT2D eigenvalue weighted by Crippen LogP contribution is 2.42. The molecule has 0 aromatic carbocycles. The molecule has 1 unspecified atom stereocenters. The normalized spacial score (nSPS) is 24.9. The monoisotopic (exact) mass is 314 g/mol. The van der Waals surface area contributed by atoms with Gasteiger partial charge in [-0.15, -0.1) is 0 Å². The molecule has 5 heteroatoms. The van der Waals surface area contributed by atoms with Gasteiger partial charge in [-0.25, -0.2) is 4.98 Å². The molecule has 1 aliphatic heterocycles. The summed E-state index contributed by atoms with van der Waals surface area (Å²) in [6, 6.07) is 0. The second-order valence-corrected chi connectivity index (χ2v) is 6.88. The molecule has 0 bridgehead atoms. The van der Waals surface area contributed by atoms with E-state index in [1.165, 1.54) is 31.4 Å². The van der Waals surface area contributed by atoms with Crippen LogP contribution in [0.1, 0.15) is 54.8 Å². The van der Waals surface area contributed by atoms with E-state index in [1.807, 2.05) is 11.8 Å². The quantitative estimate of drug-likeness (QED) is 0.910. The first-order valence-corrected chi connectivity index (χ1v) is 8.01. The third kappa shape index (κ3) is 2.45. The van der Waals surface area contributed by atoms with E-state index >= 15 is 0 Å². The molecule has 1 aromatic heterocycles. The summed E-state index contributed by atoms with van der Waals surface area (Å²) in [4.78, 5) is 19.5. The summed E-state index contributed by atoms with van der Waals surface area (Å²) in [5, 5.41) is 0.391. The molecule has 2 aliphatic rings. The summed E-state index contributed by atoms with van der Waals surface area (Å²) < 4.78 is 0.643. The van der Waals surface area contributed by atoms with Crippen LogP contribution in [-0.4, -0.2) is 15.7 Å². The predicted octanol–water partition coefficient (Wildman–Crippen LogP) is 3.37. The molecular formula is C12H15BrN2OS. The predicted molar refractivity (Wildman–Crippen MR) is 73.6 cm³/mol. The van der Waals surface area contributed by atoms with Crippen molar-refractivity contribution in [3.8, 4) is 0 Å². The highest BCUT2D eigenvalue weighted by molar-refractivity contribution is 9.10. The fourth-order valence-electron chi connectivity index (χ4n) is 2.23. The highest BCUT2D eigenvalue weighted by Gasteiger charge is 2.30.